The van der Waals surface area contributed by atoms with Crippen LogP contribution in [0, 0.1) is 0 Å². The monoisotopic (exact) mass is 1090 g/mol. The normalized spacial score (nSPS) is 11.0. The van der Waals surface area contributed by atoms with E-state index < -0.39 is 11.9 Å². The van der Waals surface area contributed by atoms with Gasteiger partial charge in [-0.05, 0) is 103 Å². The summed E-state index contributed by atoms with van der Waals surface area (Å²) >= 11 is 0. The van der Waals surface area contributed by atoms with Crippen LogP contribution in [0.5, 0.6) is 0 Å². The van der Waals surface area contributed by atoms with Crippen LogP contribution in [0.4, 0.5) is 0 Å². The lowest BCUT2D eigenvalue weighted by Crippen LogP contribution is -2.32. The Morgan fingerprint density at radius 1 is 0.276 bits per heavy atom. The standard InChI is InChI=1S/C54H93N3O19/c1-3-47(61)69-39-13-5-7-15-41-71-49(63)21-27-55(33-36-58)29-23-51(65)73-43-17-9-11-19-45-75-53(67)25-31-57(35-38-60)32-26-54(68)76-46-20-12-10-18-44-74-52(66)24-30-56(34-37-59)28-22-50(64)72-42-16-8-6-14-40-70-48(62)4-2/h3-4,58-60H,1-2,5-46H2. The van der Waals surface area contributed by atoms with E-state index >= 15 is 0 Å². The van der Waals surface area contributed by atoms with Crippen molar-refractivity contribution in [2.75, 3.05) is 132 Å². The van der Waals surface area contributed by atoms with Crippen LogP contribution < -0.4 is 0 Å². The van der Waals surface area contributed by atoms with Gasteiger partial charge in [0.1, 0.15) is 0 Å². The molecule has 0 aliphatic heterocycles. The predicted octanol–water partition coefficient (Wildman–Crippen LogP) is 4.17. The number of aliphatic hydroxyl groups is 3. The zero-order valence-corrected chi connectivity index (χ0v) is 45.5. The van der Waals surface area contributed by atoms with E-state index in [2.05, 4.69) is 13.2 Å². The first-order chi connectivity index (χ1) is 36.9. The van der Waals surface area contributed by atoms with Gasteiger partial charge in [-0.1, -0.05) is 13.2 Å². The molecule has 0 aliphatic carbocycles. The van der Waals surface area contributed by atoms with Gasteiger partial charge in [-0.2, -0.15) is 0 Å². The first-order valence-electron chi connectivity index (χ1n) is 27.4. The highest BCUT2D eigenvalue weighted by atomic mass is 16.6. The predicted molar refractivity (Wildman–Crippen MR) is 280 cm³/mol. The van der Waals surface area contributed by atoms with Crippen molar-refractivity contribution < 1.29 is 91.6 Å². The second-order valence-electron chi connectivity index (χ2n) is 17.9. The van der Waals surface area contributed by atoms with Gasteiger partial charge < -0.3 is 53.2 Å². The van der Waals surface area contributed by atoms with Crippen molar-refractivity contribution in [2.45, 2.75) is 141 Å². The molecule has 0 unspecified atom stereocenters. The quantitative estimate of drug-likeness (QED) is 0.0333. The molecule has 0 rings (SSSR count). The topological polar surface area (TPSA) is 281 Å². The summed E-state index contributed by atoms with van der Waals surface area (Å²) in [6, 6.07) is 0. The van der Waals surface area contributed by atoms with Crippen LogP contribution in [-0.2, 0) is 76.3 Å². The van der Waals surface area contributed by atoms with Gasteiger partial charge in [-0.3, -0.25) is 43.5 Å². The van der Waals surface area contributed by atoms with Crippen LogP contribution in [0.15, 0.2) is 25.3 Å². The van der Waals surface area contributed by atoms with E-state index in [1.807, 2.05) is 9.80 Å². The van der Waals surface area contributed by atoms with Crippen LogP contribution in [0.25, 0.3) is 0 Å². The Morgan fingerprint density at radius 2 is 0.447 bits per heavy atom. The maximum absolute atomic E-state index is 12.4. The molecule has 0 amide bonds. The summed E-state index contributed by atoms with van der Waals surface area (Å²) in [4.78, 5) is 101. The van der Waals surface area contributed by atoms with Crippen molar-refractivity contribution in [1.29, 1.82) is 0 Å². The lowest BCUT2D eigenvalue weighted by Gasteiger charge is -2.20. The fourth-order valence-electron chi connectivity index (χ4n) is 7.17. The number of hydrogen-bond donors (Lipinski definition) is 3. The van der Waals surface area contributed by atoms with E-state index in [9.17, 15) is 53.7 Å². The van der Waals surface area contributed by atoms with E-state index in [0.29, 0.717) is 117 Å². The second kappa shape index (κ2) is 52.1. The summed E-state index contributed by atoms with van der Waals surface area (Å²) in [5.41, 5.74) is 0. The molecule has 3 N–H and O–H groups in total. The Kier molecular flexibility index (Phi) is 48.6. The number of esters is 8. The minimum atomic E-state index is -0.445. The number of rotatable bonds is 54. The lowest BCUT2D eigenvalue weighted by molar-refractivity contribution is -0.146. The Balaban J connectivity index is 3.97. The molecule has 0 fully saturated rings. The van der Waals surface area contributed by atoms with Crippen molar-refractivity contribution in [3.05, 3.63) is 25.3 Å². The van der Waals surface area contributed by atoms with Crippen molar-refractivity contribution >= 4 is 47.8 Å². The first-order valence-corrected chi connectivity index (χ1v) is 27.4. The molecule has 76 heavy (non-hydrogen) atoms. The molecule has 0 aliphatic rings. The van der Waals surface area contributed by atoms with Crippen LogP contribution in [0.1, 0.15) is 141 Å². The molecule has 0 saturated heterocycles. The van der Waals surface area contributed by atoms with Crippen molar-refractivity contribution in [3.63, 3.8) is 0 Å². The molecule has 0 atom stereocenters. The molecule has 0 spiro atoms. The molecule has 22 heteroatoms. The lowest BCUT2D eigenvalue weighted by atomic mass is 10.2. The van der Waals surface area contributed by atoms with Crippen molar-refractivity contribution in [1.82, 2.24) is 14.7 Å². The van der Waals surface area contributed by atoms with Crippen molar-refractivity contribution in [2.24, 2.45) is 0 Å². The molecule has 22 nitrogen and oxygen atoms in total. The maximum Gasteiger partial charge on any atom is 0.330 e. The van der Waals surface area contributed by atoms with Crippen LogP contribution in [0.2, 0.25) is 0 Å². The van der Waals surface area contributed by atoms with E-state index in [1.165, 1.54) is 0 Å². The number of ether oxygens (including phenoxy) is 8. The summed E-state index contributed by atoms with van der Waals surface area (Å²) in [6.45, 7) is 11.5. The van der Waals surface area contributed by atoms with E-state index in [0.717, 1.165) is 76.4 Å². The molecular weight excluding hydrogens is 995 g/mol. The second-order valence-corrected chi connectivity index (χ2v) is 17.9. The number of unbranched alkanes of at least 4 members (excludes halogenated alkanes) is 12. The smallest absolute Gasteiger partial charge is 0.330 e. The first kappa shape index (κ1) is 71.0. The fourth-order valence-corrected chi connectivity index (χ4v) is 7.17. The number of carbonyl (C=O) groups is 8. The Labute approximate surface area is 451 Å². The molecule has 0 heterocycles. The molecule has 0 bridgehead atoms. The zero-order valence-electron chi connectivity index (χ0n) is 45.5. The zero-order chi connectivity index (χ0) is 56.1. The van der Waals surface area contributed by atoms with Gasteiger partial charge in [-0.15, -0.1) is 0 Å². The third-order valence-corrected chi connectivity index (χ3v) is 11.6. The summed E-state index contributed by atoms with van der Waals surface area (Å²) in [7, 11) is 0. The Bertz CT molecular complexity index is 1470. The van der Waals surface area contributed by atoms with Crippen LogP contribution in [0.3, 0.4) is 0 Å². The molecular formula is C54H93N3O19. The minimum absolute atomic E-state index is 0.101. The SMILES string of the molecule is C=CC(=O)OCCCCCCOC(=O)CCN(CCO)CCC(=O)OCCCCCCOC(=O)CCN(CCO)CCC(=O)OCCCCCCOC(=O)CCN(CCO)CCC(=O)OCCCCCCOC(=O)C=C. The third kappa shape index (κ3) is 47.5. The number of carbonyl (C=O) groups excluding carboxylic acids is 8. The van der Waals surface area contributed by atoms with Gasteiger partial charge >= 0.3 is 47.8 Å². The Morgan fingerprint density at radius 3 is 0.605 bits per heavy atom. The van der Waals surface area contributed by atoms with Gasteiger partial charge in [0.2, 0.25) is 0 Å². The van der Waals surface area contributed by atoms with Crippen LogP contribution in [-0.4, -0.2) is 209 Å². The largest absolute Gasteiger partial charge is 0.466 e. The fraction of sp³-hybridized carbons (Fsp3) is 0.778. The summed E-state index contributed by atoms with van der Waals surface area (Å²) < 4.78 is 41.8. The molecule has 438 valence electrons. The highest BCUT2D eigenvalue weighted by molar-refractivity contribution is 5.81. The number of nitrogens with zero attached hydrogens (tertiary/aromatic N) is 3. The third-order valence-electron chi connectivity index (χ3n) is 11.6. The summed E-state index contributed by atoms with van der Waals surface area (Å²) in [6.07, 6.45) is 14.8. The van der Waals surface area contributed by atoms with Gasteiger partial charge in [0, 0.05) is 71.1 Å². The molecule has 0 aromatic carbocycles. The average molecular weight is 1090 g/mol. The molecule has 0 radical (unpaired) electrons. The molecule has 0 aromatic heterocycles. The highest BCUT2D eigenvalue weighted by Crippen LogP contribution is 2.08. The molecule has 0 aromatic rings. The number of hydrogen-bond acceptors (Lipinski definition) is 22. The number of aliphatic hydroxyl groups excluding tert-OH is 3. The maximum atomic E-state index is 12.4. The van der Waals surface area contributed by atoms with Gasteiger partial charge in [-0.25, -0.2) is 9.59 Å². The Hall–Kier alpha value is -5.00. The average Bonchev–Trinajstić information content (AvgIpc) is 3.41. The highest BCUT2D eigenvalue weighted by Gasteiger charge is 2.15. The summed E-state index contributed by atoms with van der Waals surface area (Å²) in [5, 5.41) is 28.3. The molecule has 0 saturated carbocycles. The van der Waals surface area contributed by atoms with E-state index in [4.69, 9.17) is 37.9 Å². The van der Waals surface area contributed by atoms with Gasteiger partial charge in [0.25, 0.3) is 0 Å². The van der Waals surface area contributed by atoms with Crippen LogP contribution >= 0.6 is 0 Å². The van der Waals surface area contributed by atoms with Gasteiger partial charge in [0.05, 0.1) is 111 Å². The van der Waals surface area contributed by atoms with E-state index in [1.54, 1.807) is 4.90 Å². The van der Waals surface area contributed by atoms with Gasteiger partial charge in [0.15, 0.2) is 0 Å². The van der Waals surface area contributed by atoms with E-state index in [-0.39, 0.29) is 127 Å². The van der Waals surface area contributed by atoms with Crippen molar-refractivity contribution in [3.8, 4) is 0 Å². The minimum Gasteiger partial charge on any atom is -0.466 e. The summed E-state index contributed by atoms with van der Waals surface area (Å²) in [5.74, 6) is -3.09.